The number of nitrogens with one attached hydrogen (secondary N) is 2. The number of carbonyl (C=O) groups is 3. The zero-order valence-corrected chi connectivity index (χ0v) is 23.1. The number of nitrogens with two attached hydrogens (primary N) is 1. The molecule has 3 amide bonds. The summed E-state index contributed by atoms with van der Waals surface area (Å²) in [6.45, 7) is 4.27. The summed E-state index contributed by atoms with van der Waals surface area (Å²) in [7, 11) is 0. The van der Waals surface area contributed by atoms with E-state index in [4.69, 9.17) is 15.2 Å². The van der Waals surface area contributed by atoms with Crippen LogP contribution in [0.3, 0.4) is 0 Å². The quantitative estimate of drug-likeness (QED) is 0.394. The van der Waals surface area contributed by atoms with Crippen LogP contribution in [0, 0.1) is 17.7 Å². The van der Waals surface area contributed by atoms with Crippen molar-refractivity contribution >= 4 is 40.6 Å². The van der Waals surface area contributed by atoms with Crippen LogP contribution in [0.25, 0.3) is 11.0 Å². The first-order chi connectivity index (χ1) is 20.2. The minimum absolute atomic E-state index is 0.123. The topological polar surface area (TPSA) is 169 Å². The molecule has 2 saturated heterocycles. The van der Waals surface area contributed by atoms with Crippen LogP contribution in [0.15, 0.2) is 12.3 Å². The molecule has 0 radical (unpaired) electrons. The number of hydrogen-bond acceptors (Lipinski definition) is 9. The maximum atomic E-state index is 15.5. The summed E-state index contributed by atoms with van der Waals surface area (Å²) < 4.78 is 26.6. The lowest BCUT2D eigenvalue weighted by molar-refractivity contribution is -0.121. The molecule has 2 fully saturated rings. The molecule has 4 aliphatic rings. The second-order valence-corrected chi connectivity index (χ2v) is 11.8. The van der Waals surface area contributed by atoms with Crippen LogP contribution >= 0.6 is 0 Å². The number of hydrogen-bond donors (Lipinski definition) is 3. The van der Waals surface area contributed by atoms with Crippen molar-refractivity contribution in [2.75, 3.05) is 43.0 Å². The van der Waals surface area contributed by atoms with Crippen LogP contribution in [0.4, 0.5) is 20.8 Å². The molecule has 2 aromatic heterocycles. The number of aromatic nitrogens is 4. The molecule has 14 heteroatoms. The molecule has 1 aliphatic carbocycles. The molecule has 3 aliphatic heterocycles. The third-order valence-corrected chi connectivity index (χ3v) is 8.80. The number of ether oxygens (including phenoxy) is 2. The fourth-order valence-corrected chi connectivity index (χ4v) is 6.50. The molecule has 0 bridgehead atoms. The molecule has 220 valence electrons. The van der Waals surface area contributed by atoms with Gasteiger partial charge in [0.2, 0.25) is 5.91 Å². The van der Waals surface area contributed by atoms with Gasteiger partial charge in [-0.15, -0.1) is 0 Å². The predicted octanol–water partition coefficient (Wildman–Crippen LogP) is 1.69. The highest BCUT2D eigenvalue weighted by molar-refractivity contribution is 5.95. The lowest BCUT2D eigenvalue weighted by Crippen LogP contribution is -2.48. The highest BCUT2D eigenvalue weighted by Crippen LogP contribution is 2.38. The molecule has 42 heavy (non-hydrogen) atoms. The van der Waals surface area contributed by atoms with Gasteiger partial charge in [-0.1, -0.05) is 6.92 Å². The summed E-state index contributed by atoms with van der Waals surface area (Å²) in [5, 5.41) is 2.61. The van der Waals surface area contributed by atoms with Crippen LogP contribution in [-0.4, -0.2) is 81.1 Å². The average Bonchev–Trinajstić information content (AvgIpc) is 3.65. The van der Waals surface area contributed by atoms with E-state index in [0.717, 1.165) is 37.2 Å². The van der Waals surface area contributed by atoms with E-state index in [9.17, 15) is 14.4 Å². The molecule has 2 unspecified atom stereocenters. The highest BCUT2D eigenvalue weighted by Gasteiger charge is 2.48. The van der Waals surface area contributed by atoms with E-state index in [1.54, 1.807) is 6.92 Å². The molecule has 2 atom stereocenters. The van der Waals surface area contributed by atoms with Gasteiger partial charge in [-0.3, -0.25) is 14.5 Å². The zero-order valence-electron chi connectivity index (χ0n) is 23.1. The van der Waals surface area contributed by atoms with Gasteiger partial charge in [0.15, 0.2) is 24.1 Å². The number of carbonyl (C=O) groups excluding carboxylic acids is 3. The van der Waals surface area contributed by atoms with Crippen molar-refractivity contribution in [3.8, 4) is 5.88 Å². The van der Waals surface area contributed by atoms with E-state index < -0.39 is 17.6 Å². The Morgan fingerprint density at radius 3 is 2.86 bits per heavy atom. The monoisotopic (exact) mass is 578 g/mol. The Hall–Kier alpha value is -4.33. The van der Waals surface area contributed by atoms with Crippen molar-refractivity contribution in [2.24, 2.45) is 17.6 Å². The number of rotatable bonds is 6. The SMILES string of the molecule is CC(Cc1nc2c(F)c3c(cc2[nH]1)CC(CN1CCC2(CC1)CN(c1cnc4c(n1)NC(=O)CO4)C(=O)O2)C3)C(N)=O. The number of amides is 3. The number of primary amides is 1. The van der Waals surface area contributed by atoms with Crippen molar-refractivity contribution in [1.29, 1.82) is 0 Å². The summed E-state index contributed by atoms with van der Waals surface area (Å²) >= 11 is 0. The first kappa shape index (κ1) is 26.6. The standard InChI is InChI=1S/C28H31FN8O5/c1-14(24(30)39)6-19-32-18-9-16-7-15(8-17(16)22(29)23(18)33-19)11-36-4-2-28(3-5-36)13-37(27(40)42-28)20-10-31-26-25(34-20)35-21(38)12-41-26/h9-10,14-15H,2-8,11-13H2,1H3,(H2,30,39)(H,32,33)(H,34,35,38). The average molecular weight is 579 g/mol. The Balaban J connectivity index is 0.969. The molecule has 4 N–H and O–H groups in total. The Morgan fingerprint density at radius 1 is 1.26 bits per heavy atom. The number of aromatic amines is 1. The number of H-pyrrole nitrogens is 1. The normalized spacial score (nSPS) is 22.0. The van der Waals surface area contributed by atoms with Crippen molar-refractivity contribution in [3.05, 3.63) is 35.0 Å². The number of likely N-dealkylation sites (tertiary alicyclic amines) is 1. The van der Waals surface area contributed by atoms with Crippen LogP contribution in [0.1, 0.15) is 36.7 Å². The first-order valence-electron chi connectivity index (χ1n) is 14.2. The number of halogens is 1. The summed E-state index contributed by atoms with van der Waals surface area (Å²) in [5.41, 5.74) is 7.41. The van der Waals surface area contributed by atoms with Crippen molar-refractivity contribution in [3.63, 3.8) is 0 Å². The third-order valence-electron chi connectivity index (χ3n) is 8.80. The van der Waals surface area contributed by atoms with Crippen molar-refractivity contribution in [2.45, 2.75) is 44.6 Å². The smallest absolute Gasteiger partial charge is 0.416 e. The number of piperidine rings is 1. The van der Waals surface area contributed by atoms with Gasteiger partial charge in [0.25, 0.3) is 11.8 Å². The van der Waals surface area contributed by atoms with Gasteiger partial charge >= 0.3 is 6.09 Å². The second-order valence-electron chi connectivity index (χ2n) is 11.8. The zero-order chi connectivity index (χ0) is 29.2. The third kappa shape index (κ3) is 4.68. The minimum atomic E-state index is -0.621. The van der Waals surface area contributed by atoms with Gasteiger partial charge in [0.1, 0.15) is 16.9 Å². The van der Waals surface area contributed by atoms with E-state index in [1.165, 1.54) is 11.1 Å². The number of nitrogens with zero attached hydrogens (tertiary/aromatic N) is 5. The van der Waals surface area contributed by atoms with E-state index in [-0.39, 0.29) is 41.9 Å². The van der Waals surface area contributed by atoms with Crippen molar-refractivity contribution in [1.82, 2.24) is 24.8 Å². The molecular weight excluding hydrogens is 547 g/mol. The van der Waals surface area contributed by atoms with E-state index in [0.29, 0.717) is 54.9 Å². The van der Waals surface area contributed by atoms with E-state index in [1.807, 2.05) is 6.07 Å². The highest BCUT2D eigenvalue weighted by atomic mass is 19.1. The minimum Gasteiger partial charge on any atom is -0.465 e. The van der Waals surface area contributed by atoms with Crippen LogP contribution in [0.5, 0.6) is 5.88 Å². The van der Waals surface area contributed by atoms with Crippen LogP contribution in [-0.2, 0) is 33.6 Å². The number of anilines is 2. The van der Waals surface area contributed by atoms with Crippen LogP contribution < -0.4 is 20.7 Å². The molecule has 13 nitrogen and oxygen atoms in total. The summed E-state index contributed by atoms with van der Waals surface area (Å²) in [6.07, 6.45) is 4.05. The Bertz CT molecular complexity index is 1620. The number of fused-ring (bicyclic) bond motifs is 3. The predicted molar refractivity (Wildman–Crippen MR) is 147 cm³/mol. The number of benzene rings is 1. The molecule has 3 aromatic rings. The second kappa shape index (κ2) is 9.89. The number of imidazole rings is 1. The van der Waals surface area contributed by atoms with E-state index in [2.05, 4.69) is 30.2 Å². The van der Waals surface area contributed by atoms with Crippen molar-refractivity contribution < 1.29 is 28.2 Å². The molecule has 7 rings (SSSR count). The molecule has 1 spiro atoms. The van der Waals surface area contributed by atoms with Gasteiger partial charge in [-0.25, -0.2) is 24.1 Å². The van der Waals surface area contributed by atoms with E-state index >= 15 is 4.39 Å². The van der Waals surface area contributed by atoms with Gasteiger partial charge < -0.3 is 30.4 Å². The maximum Gasteiger partial charge on any atom is 0.416 e. The maximum absolute atomic E-state index is 15.5. The molecule has 0 saturated carbocycles. The molecule has 5 heterocycles. The summed E-state index contributed by atoms with van der Waals surface area (Å²) in [5.74, 6) is 0.123. The largest absolute Gasteiger partial charge is 0.465 e. The van der Waals surface area contributed by atoms with Crippen LogP contribution in [0.2, 0.25) is 0 Å². The fraction of sp³-hybridized carbons (Fsp3) is 0.500. The lowest BCUT2D eigenvalue weighted by atomic mass is 9.90. The molecule has 1 aromatic carbocycles. The summed E-state index contributed by atoms with van der Waals surface area (Å²) in [4.78, 5) is 55.8. The Morgan fingerprint density at radius 2 is 2.07 bits per heavy atom. The molecular formula is C28H31FN8O5. The first-order valence-corrected chi connectivity index (χ1v) is 14.2. The summed E-state index contributed by atoms with van der Waals surface area (Å²) in [6, 6.07) is 1.98. The van der Waals surface area contributed by atoms with Gasteiger partial charge in [-0.05, 0) is 36.0 Å². The lowest BCUT2D eigenvalue weighted by Gasteiger charge is -2.38. The fourth-order valence-electron chi connectivity index (χ4n) is 6.50. The van der Waals surface area contributed by atoms with Gasteiger partial charge in [0.05, 0.1) is 18.3 Å². The van der Waals surface area contributed by atoms with Gasteiger partial charge in [0, 0.05) is 44.8 Å². The van der Waals surface area contributed by atoms with Gasteiger partial charge in [-0.2, -0.15) is 0 Å². The Kier molecular flexibility index (Phi) is 6.26. The Labute approximate surface area is 240 Å².